The third-order valence-corrected chi connectivity index (χ3v) is 6.86. The first-order valence-electron chi connectivity index (χ1n) is 14.6. The Morgan fingerprint density at radius 1 is 0.656 bits per heavy atom. The average molecular weight is 449 g/mol. The Balaban J connectivity index is 1.69. The maximum Gasteiger partial charge on any atom is 0.305 e. The van der Waals surface area contributed by atoms with Gasteiger partial charge in [-0.1, -0.05) is 128 Å². The highest BCUT2D eigenvalue weighted by molar-refractivity contribution is 5.69. The predicted octanol–water partition coefficient (Wildman–Crippen LogP) is 10.1. The lowest BCUT2D eigenvalue weighted by Gasteiger charge is -2.05. The number of esters is 1. The topological polar surface area (TPSA) is 26.3 Å². The van der Waals surface area contributed by atoms with E-state index >= 15 is 0 Å². The van der Waals surface area contributed by atoms with E-state index in [-0.39, 0.29) is 5.97 Å². The minimum atomic E-state index is 0.0199. The third kappa shape index (κ3) is 22.4. The van der Waals surface area contributed by atoms with Gasteiger partial charge in [0.25, 0.3) is 0 Å². The molecule has 0 heterocycles. The lowest BCUT2D eigenvalue weighted by Crippen LogP contribution is -2.05. The van der Waals surface area contributed by atoms with Gasteiger partial charge in [0, 0.05) is 6.42 Å². The second-order valence-electron chi connectivity index (χ2n) is 10.3. The van der Waals surface area contributed by atoms with Crippen LogP contribution in [-0.2, 0) is 9.53 Å². The van der Waals surface area contributed by atoms with Crippen molar-refractivity contribution in [3.8, 4) is 0 Å². The van der Waals surface area contributed by atoms with Crippen LogP contribution in [0.1, 0.15) is 161 Å². The van der Waals surface area contributed by atoms with Gasteiger partial charge in [0.2, 0.25) is 0 Å². The molecule has 1 aliphatic rings. The molecule has 32 heavy (non-hydrogen) atoms. The Labute approximate surface area is 201 Å². The number of carbonyl (C=O) groups is 1. The second-order valence-corrected chi connectivity index (χ2v) is 10.3. The summed E-state index contributed by atoms with van der Waals surface area (Å²) in [6.07, 6.45) is 35.8. The highest BCUT2D eigenvalue weighted by Crippen LogP contribution is 2.34. The summed E-state index contributed by atoms with van der Waals surface area (Å²) in [5.74, 6) is 1.10. The van der Waals surface area contributed by atoms with E-state index in [1.165, 1.54) is 135 Å². The fraction of sp³-hybridized carbons (Fsp3) is 0.900. The Hall–Kier alpha value is -0.790. The van der Waals surface area contributed by atoms with Crippen LogP contribution in [0.5, 0.6) is 0 Å². The zero-order valence-corrected chi connectivity index (χ0v) is 21.7. The van der Waals surface area contributed by atoms with Crippen LogP contribution in [0.25, 0.3) is 0 Å². The summed E-state index contributed by atoms with van der Waals surface area (Å²) in [5, 5.41) is 0. The molecule has 0 aromatic heterocycles. The Morgan fingerprint density at radius 3 is 1.75 bits per heavy atom. The Kier molecular flexibility index (Phi) is 21.4. The zero-order valence-electron chi connectivity index (χ0n) is 21.7. The van der Waals surface area contributed by atoms with Crippen LogP contribution in [0.3, 0.4) is 0 Å². The standard InChI is InChI=1S/C30H56O2/c1-2-3-4-5-6-7-8-9-10-11-12-13-14-17-20-23-28-32-30(31)25-22-19-16-15-18-21-24-29-26-27-29/h9-10,29H,2-8,11-28H2,1H3/b10-9+. The summed E-state index contributed by atoms with van der Waals surface area (Å²) < 4.78 is 5.39. The fourth-order valence-electron chi connectivity index (χ4n) is 4.42. The van der Waals surface area contributed by atoms with Gasteiger partial charge in [-0.3, -0.25) is 4.79 Å². The van der Waals surface area contributed by atoms with Gasteiger partial charge in [-0.15, -0.1) is 0 Å². The lowest BCUT2D eigenvalue weighted by atomic mass is 10.1. The molecule has 188 valence electrons. The Bertz CT molecular complexity index is 425. The van der Waals surface area contributed by atoms with Crippen molar-refractivity contribution < 1.29 is 9.53 Å². The van der Waals surface area contributed by atoms with Crippen molar-refractivity contribution in [1.82, 2.24) is 0 Å². The van der Waals surface area contributed by atoms with E-state index < -0.39 is 0 Å². The van der Waals surface area contributed by atoms with Crippen molar-refractivity contribution in [3.05, 3.63) is 12.2 Å². The summed E-state index contributed by atoms with van der Waals surface area (Å²) in [4.78, 5) is 11.8. The van der Waals surface area contributed by atoms with E-state index in [2.05, 4.69) is 19.1 Å². The lowest BCUT2D eigenvalue weighted by molar-refractivity contribution is -0.143. The van der Waals surface area contributed by atoms with Crippen LogP contribution >= 0.6 is 0 Å². The molecule has 0 radical (unpaired) electrons. The summed E-state index contributed by atoms with van der Waals surface area (Å²) in [6.45, 7) is 2.90. The molecule has 0 aromatic rings. The summed E-state index contributed by atoms with van der Waals surface area (Å²) in [6, 6.07) is 0. The molecule has 0 atom stereocenters. The van der Waals surface area contributed by atoms with Crippen LogP contribution in [0, 0.1) is 5.92 Å². The number of unbranched alkanes of at least 4 members (excludes halogenated alkanes) is 17. The van der Waals surface area contributed by atoms with E-state index in [0.717, 1.165) is 18.8 Å². The first-order chi connectivity index (χ1) is 15.8. The quantitative estimate of drug-likeness (QED) is 0.0788. The van der Waals surface area contributed by atoms with Crippen LogP contribution in [0.2, 0.25) is 0 Å². The monoisotopic (exact) mass is 448 g/mol. The summed E-state index contributed by atoms with van der Waals surface area (Å²) in [7, 11) is 0. The van der Waals surface area contributed by atoms with Crippen molar-refractivity contribution in [2.24, 2.45) is 5.92 Å². The number of allylic oxidation sites excluding steroid dienone is 2. The number of carbonyl (C=O) groups excluding carboxylic acids is 1. The van der Waals surface area contributed by atoms with Gasteiger partial charge < -0.3 is 4.74 Å². The van der Waals surface area contributed by atoms with E-state index in [1.807, 2.05) is 0 Å². The summed E-state index contributed by atoms with van der Waals surface area (Å²) in [5.41, 5.74) is 0. The number of hydrogen-bond acceptors (Lipinski definition) is 2. The average Bonchev–Trinajstić information content (AvgIpc) is 3.62. The Morgan fingerprint density at radius 2 is 1.16 bits per heavy atom. The molecular weight excluding hydrogens is 392 g/mol. The predicted molar refractivity (Wildman–Crippen MR) is 140 cm³/mol. The maximum atomic E-state index is 11.8. The molecule has 0 aromatic carbocycles. The van der Waals surface area contributed by atoms with Crippen molar-refractivity contribution in [3.63, 3.8) is 0 Å². The van der Waals surface area contributed by atoms with Crippen molar-refractivity contribution in [1.29, 1.82) is 0 Å². The van der Waals surface area contributed by atoms with Crippen molar-refractivity contribution in [2.45, 2.75) is 161 Å². The van der Waals surface area contributed by atoms with E-state index in [0.29, 0.717) is 13.0 Å². The molecule has 1 saturated carbocycles. The number of rotatable bonds is 25. The molecule has 0 spiro atoms. The maximum absolute atomic E-state index is 11.8. The smallest absolute Gasteiger partial charge is 0.305 e. The molecule has 0 unspecified atom stereocenters. The number of ether oxygens (including phenoxy) is 1. The molecular formula is C30H56O2. The van der Waals surface area contributed by atoms with E-state index in [1.54, 1.807) is 0 Å². The van der Waals surface area contributed by atoms with E-state index in [4.69, 9.17) is 4.74 Å². The SMILES string of the molecule is CCCCCCCC/C=C/CCCCCCCCOC(=O)CCCCCCCCC1CC1. The fourth-order valence-corrected chi connectivity index (χ4v) is 4.42. The highest BCUT2D eigenvalue weighted by Gasteiger charge is 2.19. The van der Waals surface area contributed by atoms with Crippen LogP contribution in [-0.4, -0.2) is 12.6 Å². The molecule has 2 nitrogen and oxygen atoms in total. The molecule has 2 heteroatoms. The zero-order chi connectivity index (χ0) is 23.0. The van der Waals surface area contributed by atoms with Crippen molar-refractivity contribution >= 4 is 5.97 Å². The van der Waals surface area contributed by atoms with Gasteiger partial charge >= 0.3 is 5.97 Å². The molecule has 1 rings (SSSR count). The molecule has 0 bridgehead atoms. The van der Waals surface area contributed by atoms with Gasteiger partial charge in [-0.05, 0) is 44.4 Å². The largest absolute Gasteiger partial charge is 0.466 e. The molecule has 0 aliphatic heterocycles. The normalized spacial score (nSPS) is 13.8. The second kappa shape index (κ2) is 23.4. The first-order valence-corrected chi connectivity index (χ1v) is 14.6. The summed E-state index contributed by atoms with van der Waals surface area (Å²) >= 11 is 0. The van der Waals surface area contributed by atoms with Gasteiger partial charge in [-0.25, -0.2) is 0 Å². The van der Waals surface area contributed by atoms with Gasteiger partial charge in [-0.2, -0.15) is 0 Å². The molecule has 1 aliphatic carbocycles. The molecule has 0 saturated heterocycles. The number of hydrogen-bond donors (Lipinski definition) is 0. The van der Waals surface area contributed by atoms with Crippen LogP contribution in [0.15, 0.2) is 12.2 Å². The first kappa shape index (κ1) is 29.2. The third-order valence-electron chi connectivity index (χ3n) is 6.86. The van der Waals surface area contributed by atoms with E-state index in [9.17, 15) is 4.79 Å². The van der Waals surface area contributed by atoms with Gasteiger partial charge in [0.05, 0.1) is 6.61 Å². The molecule has 0 N–H and O–H groups in total. The van der Waals surface area contributed by atoms with Crippen LogP contribution < -0.4 is 0 Å². The molecule has 0 amide bonds. The van der Waals surface area contributed by atoms with Crippen molar-refractivity contribution in [2.75, 3.05) is 6.61 Å². The molecule has 1 fully saturated rings. The van der Waals surface area contributed by atoms with Gasteiger partial charge in [0.15, 0.2) is 0 Å². The van der Waals surface area contributed by atoms with Gasteiger partial charge in [0.1, 0.15) is 0 Å². The highest BCUT2D eigenvalue weighted by atomic mass is 16.5. The van der Waals surface area contributed by atoms with Crippen LogP contribution in [0.4, 0.5) is 0 Å². The minimum absolute atomic E-state index is 0.0199. The minimum Gasteiger partial charge on any atom is -0.466 e.